The van der Waals surface area contributed by atoms with E-state index < -0.39 is 0 Å². The Morgan fingerprint density at radius 1 is 1.36 bits per heavy atom. The zero-order valence-electron chi connectivity index (χ0n) is 6.98. The van der Waals surface area contributed by atoms with Crippen LogP contribution in [0.2, 0.25) is 0 Å². The molecule has 5 heteroatoms. The van der Waals surface area contributed by atoms with Crippen molar-refractivity contribution in [1.82, 2.24) is 9.97 Å². The van der Waals surface area contributed by atoms with Gasteiger partial charge in [-0.3, -0.25) is 4.79 Å². The molecule has 0 aliphatic rings. The van der Waals surface area contributed by atoms with Crippen molar-refractivity contribution in [3.05, 3.63) is 46.8 Å². The van der Waals surface area contributed by atoms with Gasteiger partial charge in [-0.25, -0.2) is 9.97 Å². The molecule has 0 fully saturated rings. The van der Waals surface area contributed by atoms with Gasteiger partial charge >= 0.3 is 0 Å². The van der Waals surface area contributed by atoms with E-state index in [1.54, 1.807) is 12.1 Å². The summed E-state index contributed by atoms with van der Waals surface area (Å²) in [6.07, 6.45) is 4.45. The van der Waals surface area contributed by atoms with Crippen molar-refractivity contribution in [2.45, 2.75) is 0 Å². The zero-order chi connectivity index (χ0) is 9.97. The van der Waals surface area contributed by atoms with Crippen molar-refractivity contribution in [3.8, 4) is 0 Å². The van der Waals surface area contributed by atoms with Crippen LogP contribution in [0.25, 0.3) is 0 Å². The van der Waals surface area contributed by atoms with Gasteiger partial charge in [0.2, 0.25) is 5.82 Å². The van der Waals surface area contributed by atoms with Gasteiger partial charge in [0.25, 0.3) is 5.78 Å². The number of furan rings is 1. The maximum Gasteiger partial charge on any atom is 0.266 e. The van der Waals surface area contributed by atoms with Crippen LogP contribution in [0.5, 0.6) is 0 Å². The number of aromatic nitrogens is 2. The maximum atomic E-state index is 11.7. The first kappa shape index (κ1) is 9.08. The fraction of sp³-hybridized carbons (Fsp3) is 0. The number of carbonyl (C=O) groups is 1. The van der Waals surface area contributed by atoms with E-state index in [4.69, 9.17) is 4.42 Å². The second-order valence-electron chi connectivity index (χ2n) is 2.50. The third-order valence-electron chi connectivity index (χ3n) is 1.59. The largest absolute Gasteiger partial charge is 0.459 e. The van der Waals surface area contributed by atoms with Crippen LogP contribution in [0, 0.1) is 0 Å². The average Bonchev–Trinajstić information content (AvgIpc) is 2.65. The number of rotatable bonds is 2. The van der Waals surface area contributed by atoms with E-state index in [1.165, 1.54) is 18.7 Å². The molecule has 14 heavy (non-hydrogen) atoms. The summed E-state index contributed by atoms with van der Waals surface area (Å²) in [5, 5.41) is 0. The quantitative estimate of drug-likeness (QED) is 0.768. The second-order valence-corrected chi connectivity index (χ2v) is 3.35. The number of halogens is 1. The van der Waals surface area contributed by atoms with E-state index in [1.807, 2.05) is 0 Å². The molecule has 0 amide bonds. The molecule has 4 nitrogen and oxygen atoms in total. The van der Waals surface area contributed by atoms with Crippen LogP contribution in [-0.4, -0.2) is 15.8 Å². The number of carbonyl (C=O) groups excluding carboxylic acids is 1. The molecular weight excluding hydrogens is 248 g/mol. The highest BCUT2D eigenvalue weighted by atomic mass is 79.9. The Kier molecular flexibility index (Phi) is 2.41. The Morgan fingerprint density at radius 3 is 2.64 bits per heavy atom. The van der Waals surface area contributed by atoms with Crippen molar-refractivity contribution in [2.24, 2.45) is 0 Å². The monoisotopic (exact) mass is 252 g/mol. The lowest BCUT2D eigenvalue weighted by molar-refractivity contribution is 0.0998. The summed E-state index contributed by atoms with van der Waals surface area (Å²) < 4.78 is 5.61. The first-order valence-corrected chi connectivity index (χ1v) is 4.63. The van der Waals surface area contributed by atoms with Crippen molar-refractivity contribution in [1.29, 1.82) is 0 Å². The van der Waals surface area contributed by atoms with Crippen molar-refractivity contribution < 1.29 is 9.21 Å². The minimum absolute atomic E-state index is 0.128. The van der Waals surface area contributed by atoms with Gasteiger partial charge in [-0.1, -0.05) is 0 Å². The van der Waals surface area contributed by atoms with Gasteiger partial charge in [0, 0.05) is 12.4 Å². The van der Waals surface area contributed by atoms with Crippen molar-refractivity contribution in [2.75, 3.05) is 0 Å². The molecule has 0 atom stereocenters. The van der Waals surface area contributed by atoms with Crippen molar-refractivity contribution >= 4 is 21.7 Å². The van der Waals surface area contributed by atoms with E-state index in [0.717, 1.165) is 0 Å². The predicted octanol–water partition coefficient (Wildman–Crippen LogP) is 2.06. The van der Waals surface area contributed by atoms with Crippen LogP contribution in [0.1, 0.15) is 16.4 Å². The van der Waals surface area contributed by atoms with Gasteiger partial charge < -0.3 is 4.42 Å². The smallest absolute Gasteiger partial charge is 0.266 e. The predicted molar refractivity (Wildman–Crippen MR) is 51.9 cm³/mol. The maximum absolute atomic E-state index is 11.7. The molecule has 2 aromatic heterocycles. The minimum Gasteiger partial charge on any atom is -0.459 e. The Labute approximate surface area is 88.1 Å². The van der Waals surface area contributed by atoms with Crippen LogP contribution in [0.4, 0.5) is 0 Å². The minimum atomic E-state index is -0.331. The number of hydrogen-bond donors (Lipinski definition) is 0. The molecule has 0 saturated carbocycles. The van der Waals surface area contributed by atoms with Gasteiger partial charge in [0.1, 0.15) is 0 Å². The first-order valence-electron chi connectivity index (χ1n) is 3.84. The third-order valence-corrected chi connectivity index (χ3v) is 2.22. The molecule has 2 rings (SSSR count). The average molecular weight is 253 g/mol. The molecule has 0 aliphatic carbocycles. The molecule has 70 valence electrons. The van der Waals surface area contributed by atoms with E-state index in [2.05, 4.69) is 25.9 Å². The van der Waals surface area contributed by atoms with Crippen LogP contribution in [0.3, 0.4) is 0 Å². The summed E-state index contributed by atoms with van der Waals surface area (Å²) in [6.45, 7) is 0. The fourth-order valence-corrected chi connectivity index (χ4v) is 1.36. The molecule has 0 N–H and O–H groups in total. The topological polar surface area (TPSA) is 56.0 Å². The Morgan fingerprint density at radius 2 is 2.07 bits per heavy atom. The molecule has 0 aromatic carbocycles. The Bertz CT molecular complexity index is 453. The van der Waals surface area contributed by atoms with E-state index in [9.17, 15) is 4.79 Å². The molecule has 0 unspecified atom stereocenters. The fourth-order valence-electron chi connectivity index (χ4n) is 0.974. The molecule has 0 radical (unpaired) electrons. The second kappa shape index (κ2) is 3.71. The van der Waals surface area contributed by atoms with Gasteiger partial charge in [0.15, 0.2) is 5.76 Å². The molecular formula is C9H5BrN2O2. The highest BCUT2D eigenvalue weighted by molar-refractivity contribution is 9.10. The molecule has 0 saturated heterocycles. The summed E-state index contributed by atoms with van der Waals surface area (Å²) in [5.74, 6) is 0.0156. The Hall–Kier alpha value is -1.49. The number of ketones is 1. The summed E-state index contributed by atoms with van der Waals surface area (Å²) in [6, 6.07) is 3.30. The summed E-state index contributed by atoms with van der Waals surface area (Å²) >= 11 is 3.19. The normalized spacial score (nSPS) is 10.1. The molecule has 0 aliphatic heterocycles. The van der Waals surface area contributed by atoms with Crippen LogP contribution in [-0.2, 0) is 0 Å². The highest BCUT2D eigenvalue weighted by Gasteiger charge is 2.17. The number of nitrogens with zero attached hydrogens (tertiary/aromatic N) is 2. The van der Waals surface area contributed by atoms with Gasteiger partial charge in [-0.2, -0.15) is 0 Å². The molecule has 2 heterocycles. The van der Waals surface area contributed by atoms with Gasteiger partial charge in [-0.05, 0) is 28.1 Å². The summed E-state index contributed by atoms with van der Waals surface area (Å²) in [4.78, 5) is 19.3. The third kappa shape index (κ3) is 1.58. The standard InChI is InChI=1S/C9H5BrN2O2/c10-6-2-5-14-8(6)7(13)9-11-3-1-4-12-9/h1-5H. The van der Waals surface area contributed by atoms with Crippen molar-refractivity contribution in [3.63, 3.8) is 0 Å². The summed E-state index contributed by atoms with van der Waals surface area (Å²) in [7, 11) is 0. The SMILES string of the molecule is O=C(c1ncccn1)c1occc1Br. The number of hydrogen-bond acceptors (Lipinski definition) is 4. The Balaban J connectivity index is 2.39. The van der Waals surface area contributed by atoms with Crippen LogP contribution in [0.15, 0.2) is 39.7 Å². The van der Waals surface area contributed by atoms with Crippen LogP contribution >= 0.6 is 15.9 Å². The van der Waals surface area contributed by atoms with E-state index >= 15 is 0 Å². The van der Waals surface area contributed by atoms with Gasteiger partial charge in [0.05, 0.1) is 10.7 Å². The lowest BCUT2D eigenvalue weighted by Gasteiger charge is -1.94. The van der Waals surface area contributed by atoms with Crippen LogP contribution < -0.4 is 0 Å². The highest BCUT2D eigenvalue weighted by Crippen LogP contribution is 2.19. The van der Waals surface area contributed by atoms with E-state index in [0.29, 0.717) is 4.47 Å². The molecule has 2 aromatic rings. The summed E-state index contributed by atoms with van der Waals surface area (Å²) in [5.41, 5.74) is 0. The lowest BCUT2D eigenvalue weighted by atomic mass is 10.3. The zero-order valence-corrected chi connectivity index (χ0v) is 8.56. The lowest BCUT2D eigenvalue weighted by Crippen LogP contribution is -2.05. The molecule has 0 spiro atoms. The molecule has 0 bridgehead atoms. The van der Waals surface area contributed by atoms with Gasteiger partial charge in [-0.15, -0.1) is 0 Å². The van der Waals surface area contributed by atoms with E-state index in [-0.39, 0.29) is 17.4 Å². The first-order chi connectivity index (χ1) is 6.79.